The van der Waals surface area contributed by atoms with Crippen molar-refractivity contribution >= 4 is 22.3 Å². The number of nitrogens with zero attached hydrogens (tertiary/aromatic N) is 4. The lowest BCUT2D eigenvalue weighted by Crippen LogP contribution is -2.43. The second-order valence-corrected chi connectivity index (χ2v) is 8.73. The van der Waals surface area contributed by atoms with E-state index in [1.807, 2.05) is 0 Å². The number of fused-ring (bicyclic) bond motifs is 1. The molecule has 3 heterocycles. The SMILES string of the molecule is CCOC(=O)C1CCN(C(=O)C2CCc3nnc(CN[S+](C)(=O)[O-])n32)CC1. The highest BCUT2D eigenvalue weighted by atomic mass is 32.3. The van der Waals surface area contributed by atoms with Crippen molar-refractivity contribution in [3.05, 3.63) is 11.6 Å². The maximum absolute atomic E-state index is 13.0. The summed E-state index contributed by atoms with van der Waals surface area (Å²) in [6, 6.07) is -0.425. The largest absolute Gasteiger partial charge is 0.598 e. The van der Waals surface area contributed by atoms with Gasteiger partial charge in [-0.05, 0) is 26.2 Å². The molecular formula is C16H25N5O5S. The molecular weight excluding hydrogens is 374 g/mol. The van der Waals surface area contributed by atoms with Gasteiger partial charge in [0, 0.05) is 19.5 Å². The van der Waals surface area contributed by atoms with Crippen molar-refractivity contribution in [3.8, 4) is 0 Å². The Labute approximate surface area is 159 Å². The van der Waals surface area contributed by atoms with Crippen LogP contribution in [0.25, 0.3) is 0 Å². The summed E-state index contributed by atoms with van der Waals surface area (Å²) < 4.78 is 31.9. The Hall–Kier alpha value is -1.85. The molecule has 0 aliphatic carbocycles. The lowest BCUT2D eigenvalue weighted by Gasteiger charge is -2.33. The number of hydrogen-bond donors (Lipinski definition) is 1. The Morgan fingerprint density at radius 1 is 1.30 bits per heavy atom. The van der Waals surface area contributed by atoms with Gasteiger partial charge in [0.1, 0.15) is 35.1 Å². The Morgan fingerprint density at radius 2 is 2.00 bits per heavy atom. The molecule has 0 saturated carbocycles. The number of hydrogen-bond acceptors (Lipinski definition) is 7. The summed E-state index contributed by atoms with van der Waals surface area (Å²) in [6.45, 7) is 3.16. The van der Waals surface area contributed by atoms with Crippen molar-refractivity contribution in [3.63, 3.8) is 0 Å². The van der Waals surface area contributed by atoms with Crippen LogP contribution in [-0.2, 0) is 41.9 Å². The second-order valence-electron chi connectivity index (χ2n) is 6.90. The average molecular weight is 399 g/mol. The zero-order valence-corrected chi connectivity index (χ0v) is 16.4. The monoisotopic (exact) mass is 399 g/mol. The molecule has 1 N–H and O–H groups in total. The Kier molecular flexibility index (Phi) is 5.92. The molecule has 1 amide bonds. The van der Waals surface area contributed by atoms with Crippen LogP contribution in [0.1, 0.15) is 43.9 Å². The number of rotatable bonds is 6. The van der Waals surface area contributed by atoms with E-state index in [-0.39, 0.29) is 24.3 Å². The summed E-state index contributed by atoms with van der Waals surface area (Å²) in [4.78, 5) is 26.6. The third kappa shape index (κ3) is 4.53. The highest BCUT2D eigenvalue weighted by Gasteiger charge is 2.37. The molecule has 2 unspecified atom stereocenters. The number of carbonyl (C=O) groups is 2. The van der Waals surface area contributed by atoms with Crippen molar-refractivity contribution in [1.29, 1.82) is 0 Å². The minimum Gasteiger partial charge on any atom is -0.598 e. The predicted octanol–water partition coefficient (Wildman–Crippen LogP) is -0.169. The first kappa shape index (κ1) is 19.9. The van der Waals surface area contributed by atoms with Crippen LogP contribution in [0.3, 0.4) is 0 Å². The number of sulfonamides is 1. The molecule has 2 aliphatic heterocycles. The lowest BCUT2D eigenvalue weighted by atomic mass is 9.96. The van der Waals surface area contributed by atoms with E-state index in [9.17, 15) is 18.4 Å². The van der Waals surface area contributed by atoms with Crippen molar-refractivity contribution in [2.24, 2.45) is 5.92 Å². The van der Waals surface area contributed by atoms with Crippen LogP contribution in [-0.4, -0.2) is 62.0 Å². The smallest absolute Gasteiger partial charge is 0.309 e. The van der Waals surface area contributed by atoms with Gasteiger partial charge in [0.15, 0.2) is 5.82 Å². The standard InChI is InChI=1S/C16H25N5O5S/c1-3-26-16(23)11-6-8-20(9-7-11)15(22)12-4-5-13-18-19-14(21(12)13)10-17-27(2,24)25/h11-12H,3-10H2,1-2H3,(H-,17,24,25). The first-order valence-corrected chi connectivity index (χ1v) is 11.0. The number of likely N-dealkylation sites (tertiary alicyclic amines) is 1. The number of esters is 1. The van der Waals surface area contributed by atoms with Gasteiger partial charge in [-0.1, -0.05) is 4.21 Å². The third-order valence-corrected chi connectivity index (χ3v) is 5.66. The first-order chi connectivity index (χ1) is 12.8. The van der Waals surface area contributed by atoms with Gasteiger partial charge in [-0.3, -0.25) is 9.59 Å². The number of amides is 1. The fourth-order valence-electron chi connectivity index (χ4n) is 3.64. The summed E-state index contributed by atoms with van der Waals surface area (Å²) in [6.07, 6.45) is 3.50. The molecule has 0 bridgehead atoms. The van der Waals surface area contributed by atoms with Crippen LogP contribution in [0.4, 0.5) is 0 Å². The minimum atomic E-state index is -3.37. The van der Waals surface area contributed by atoms with Crippen LogP contribution >= 0.6 is 0 Å². The average Bonchev–Trinajstić information content (AvgIpc) is 3.21. The van der Waals surface area contributed by atoms with Crippen LogP contribution in [0, 0.1) is 5.92 Å². The molecule has 1 aromatic rings. The fourth-order valence-corrected chi connectivity index (χ4v) is 4.03. The molecule has 27 heavy (non-hydrogen) atoms. The Morgan fingerprint density at radius 3 is 2.63 bits per heavy atom. The molecule has 10 nitrogen and oxygen atoms in total. The molecule has 0 aromatic carbocycles. The first-order valence-electron chi connectivity index (χ1n) is 9.13. The van der Waals surface area contributed by atoms with Crippen LogP contribution in [0.2, 0.25) is 0 Å². The summed E-state index contributed by atoms with van der Waals surface area (Å²) in [7, 11) is -3.37. The van der Waals surface area contributed by atoms with Crippen LogP contribution < -0.4 is 4.72 Å². The van der Waals surface area contributed by atoms with E-state index >= 15 is 0 Å². The topological polar surface area (TPSA) is 129 Å². The van der Waals surface area contributed by atoms with E-state index < -0.39 is 16.4 Å². The zero-order valence-electron chi connectivity index (χ0n) is 15.5. The normalized spacial score (nSPS) is 22.3. The van der Waals surface area contributed by atoms with E-state index in [0.29, 0.717) is 57.0 Å². The second kappa shape index (κ2) is 8.03. The Balaban J connectivity index is 1.64. The number of nitrogens with one attached hydrogen (secondary N) is 1. The highest BCUT2D eigenvalue weighted by Crippen LogP contribution is 2.30. The molecule has 1 aromatic heterocycles. The lowest BCUT2D eigenvalue weighted by molar-refractivity contribution is -0.151. The maximum atomic E-state index is 13.0. The summed E-state index contributed by atoms with van der Waals surface area (Å²) >= 11 is 0. The van der Waals surface area contributed by atoms with Gasteiger partial charge in [-0.15, -0.1) is 14.9 Å². The Bertz CT molecular complexity index is 752. The summed E-state index contributed by atoms with van der Waals surface area (Å²) in [5, 5.41) is 8.11. The van der Waals surface area contributed by atoms with Gasteiger partial charge in [0.05, 0.1) is 12.5 Å². The molecule has 150 valence electrons. The predicted molar refractivity (Wildman–Crippen MR) is 94.9 cm³/mol. The number of carbonyl (C=O) groups excluding carboxylic acids is 2. The molecule has 2 atom stereocenters. The summed E-state index contributed by atoms with van der Waals surface area (Å²) in [5.41, 5.74) is 0. The molecule has 1 saturated heterocycles. The number of ether oxygens (including phenoxy) is 1. The quantitative estimate of drug-likeness (QED) is 0.519. The van der Waals surface area contributed by atoms with Gasteiger partial charge in [0.2, 0.25) is 5.91 Å². The number of aromatic nitrogens is 3. The van der Waals surface area contributed by atoms with Crippen molar-refractivity contribution in [2.75, 3.05) is 26.0 Å². The van der Waals surface area contributed by atoms with E-state index in [0.717, 1.165) is 6.26 Å². The van der Waals surface area contributed by atoms with Gasteiger partial charge in [-0.2, -0.15) is 0 Å². The van der Waals surface area contributed by atoms with Gasteiger partial charge in [0.25, 0.3) is 0 Å². The van der Waals surface area contributed by atoms with E-state index in [1.165, 1.54) is 0 Å². The van der Waals surface area contributed by atoms with E-state index in [2.05, 4.69) is 14.9 Å². The van der Waals surface area contributed by atoms with Crippen molar-refractivity contribution in [1.82, 2.24) is 24.4 Å². The maximum Gasteiger partial charge on any atom is 0.309 e. The van der Waals surface area contributed by atoms with Crippen LogP contribution in [0.15, 0.2) is 0 Å². The molecule has 2 aliphatic rings. The molecule has 0 radical (unpaired) electrons. The number of aryl methyl sites for hydroxylation is 1. The molecule has 0 spiro atoms. The minimum absolute atomic E-state index is 0.000541. The highest BCUT2D eigenvalue weighted by molar-refractivity contribution is 7.95. The van der Waals surface area contributed by atoms with Crippen LogP contribution in [0.5, 0.6) is 0 Å². The van der Waals surface area contributed by atoms with Crippen molar-refractivity contribution in [2.45, 2.75) is 45.2 Å². The van der Waals surface area contributed by atoms with Gasteiger partial charge in [-0.25, -0.2) is 0 Å². The molecule has 1 fully saturated rings. The van der Waals surface area contributed by atoms with Gasteiger partial charge >= 0.3 is 5.97 Å². The van der Waals surface area contributed by atoms with Crippen molar-refractivity contribution < 1.29 is 23.1 Å². The molecule has 3 rings (SSSR count). The van der Waals surface area contributed by atoms with E-state index in [1.54, 1.807) is 16.4 Å². The number of piperidine rings is 1. The van der Waals surface area contributed by atoms with E-state index in [4.69, 9.17) is 4.74 Å². The third-order valence-electron chi connectivity index (χ3n) is 4.99. The fraction of sp³-hybridized carbons (Fsp3) is 0.750. The summed E-state index contributed by atoms with van der Waals surface area (Å²) in [5.74, 6) is 0.752. The van der Waals surface area contributed by atoms with Gasteiger partial charge < -0.3 is 18.8 Å². The zero-order chi connectivity index (χ0) is 19.6. The molecule has 11 heteroatoms.